The molecule has 1 aromatic heterocycles. The highest BCUT2D eigenvalue weighted by Gasteiger charge is 2.06. The fourth-order valence-electron chi connectivity index (χ4n) is 0.571. The van der Waals surface area contributed by atoms with E-state index in [2.05, 4.69) is 0 Å². The Bertz CT molecular complexity index is 175. The van der Waals surface area contributed by atoms with Crippen molar-refractivity contribution in [1.82, 2.24) is 0 Å². The molecule has 0 fully saturated rings. The number of hydrogen-bond acceptors (Lipinski definition) is 1. The molecule has 0 N–H and O–H groups in total. The average molecular weight is 239 g/mol. The first-order valence-corrected chi connectivity index (χ1v) is 2.62. The van der Waals surface area contributed by atoms with E-state index in [1.165, 1.54) is 5.69 Å². The second-order valence-electron chi connectivity index (χ2n) is 1.98. The molecule has 0 atom stereocenters. The van der Waals surface area contributed by atoms with Crippen LogP contribution < -0.4 is 28.5 Å². The van der Waals surface area contributed by atoms with Gasteiger partial charge in [-0.05, 0) is 0 Å². The lowest BCUT2D eigenvalue weighted by Gasteiger charge is -1.76. The van der Waals surface area contributed by atoms with Gasteiger partial charge >= 0.3 is 6.39 Å². The number of aryl methyl sites for hydroxylation is 2. The van der Waals surface area contributed by atoms with Crippen LogP contribution in [0.15, 0.2) is 10.8 Å². The van der Waals surface area contributed by atoms with Gasteiger partial charge in [-0.3, -0.25) is 0 Å². The summed E-state index contributed by atoms with van der Waals surface area (Å²) in [6, 6.07) is 0. The van der Waals surface area contributed by atoms with Gasteiger partial charge in [-0.15, -0.1) is 0 Å². The van der Waals surface area contributed by atoms with Crippen molar-refractivity contribution in [2.24, 2.45) is 7.05 Å². The van der Waals surface area contributed by atoms with Crippen molar-refractivity contribution >= 4 is 0 Å². The third-order valence-corrected chi connectivity index (χ3v) is 1.43. The summed E-state index contributed by atoms with van der Waals surface area (Å²) in [7, 11) is 1.96. The minimum Gasteiger partial charge on any atom is -1.00 e. The van der Waals surface area contributed by atoms with E-state index < -0.39 is 0 Å². The summed E-state index contributed by atoms with van der Waals surface area (Å²) in [5.41, 5.74) is 1.19. The lowest BCUT2D eigenvalue weighted by molar-refractivity contribution is -0.680. The van der Waals surface area contributed by atoms with E-state index in [0.717, 1.165) is 5.76 Å². The molecule has 9 heavy (non-hydrogen) atoms. The normalized spacial score (nSPS) is 8.78. The van der Waals surface area contributed by atoms with Crippen molar-refractivity contribution in [3.8, 4) is 0 Å². The molecule has 0 unspecified atom stereocenters. The maximum atomic E-state index is 5.06. The monoisotopic (exact) mass is 239 g/mol. The van der Waals surface area contributed by atoms with Crippen molar-refractivity contribution in [3.63, 3.8) is 0 Å². The summed E-state index contributed by atoms with van der Waals surface area (Å²) in [6.07, 6.45) is 1.70. The van der Waals surface area contributed by atoms with Crippen LogP contribution in [-0.4, -0.2) is 0 Å². The molecular weight excluding hydrogens is 229 g/mol. The Morgan fingerprint density at radius 2 is 2.00 bits per heavy atom. The van der Waals surface area contributed by atoms with Crippen molar-refractivity contribution in [2.45, 2.75) is 13.8 Å². The molecule has 0 amide bonds. The molecule has 0 aliphatic rings. The van der Waals surface area contributed by atoms with Gasteiger partial charge in [0.2, 0.25) is 5.69 Å². The lowest BCUT2D eigenvalue weighted by atomic mass is 10.4. The van der Waals surface area contributed by atoms with Crippen LogP contribution in [0.5, 0.6) is 0 Å². The number of nitrogens with zero attached hydrogens (tertiary/aromatic N) is 1. The SMILES string of the molecule is Cc1oc[n+](C)c1C.[I-]. The number of rotatable bonds is 0. The van der Waals surface area contributed by atoms with Crippen molar-refractivity contribution in [3.05, 3.63) is 17.8 Å². The Labute approximate surface area is 71.9 Å². The van der Waals surface area contributed by atoms with Gasteiger partial charge < -0.3 is 28.4 Å². The number of oxazole rings is 1. The highest BCUT2D eigenvalue weighted by Crippen LogP contribution is 1.97. The zero-order chi connectivity index (χ0) is 6.15. The maximum absolute atomic E-state index is 5.06. The Kier molecular flexibility index (Phi) is 3.17. The second kappa shape index (κ2) is 3.20. The molecule has 2 nitrogen and oxygen atoms in total. The summed E-state index contributed by atoms with van der Waals surface area (Å²) in [6.45, 7) is 3.98. The number of halogens is 1. The van der Waals surface area contributed by atoms with Crippen LogP contribution in [0.3, 0.4) is 0 Å². The zero-order valence-corrected chi connectivity index (χ0v) is 7.97. The van der Waals surface area contributed by atoms with Crippen LogP contribution in [0.4, 0.5) is 0 Å². The smallest absolute Gasteiger partial charge is 0.334 e. The van der Waals surface area contributed by atoms with Crippen LogP contribution in [0.1, 0.15) is 11.5 Å². The molecule has 3 heteroatoms. The molecule has 0 saturated carbocycles. The van der Waals surface area contributed by atoms with E-state index in [1.807, 2.05) is 25.5 Å². The fourth-order valence-corrected chi connectivity index (χ4v) is 0.571. The number of hydrogen-bond donors (Lipinski definition) is 0. The predicted molar refractivity (Wildman–Crippen MR) is 29.4 cm³/mol. The Morgan fingerprint density at radius 1 is 1.44 bits per heavy atom. The third-order valence-electron chi connectivity index (χ3n) is 1.43. The molecule has 1 aromatic rings. The van der Waals surface area contributed by atoms with Crippen LogP contribution >= 0.6 is 0 Å². The largest absolute Gasteiger partial charge is 1.00 e. The molecule has 0 aliphatic carbocycles. The molecule has 0 saturated heterocycles. The maximum Gasteiger partial charge on any atom is 0.334 e. The molecule has 0 spiro atoms. The fraction of sp³-hybridized carbons (Fsp3) is 0.500. The highest BCUT2D eigenvalue weighted by molar-refractivity contribution is 4.93. The molecule has 52 valence electrons. The van der Waals surface area contributed by atoms with Crippen molar-refractivity contribution < 1.29 is 33.0 Å². The zero-order valence-electron chi connectivity index (χ0n) is 5.81. The van der Waals surface area contributed by atoms with Crippen LogP contribution in [0, 0.1) is 13.8 Å². The molecule has 1 heterocycles. The first kappa shape index (κ1) is 8.94. The topological polar surface area (TPSA) is 17.0 Å². The van der Waals surface area contributed by atoms with E-state index in [9.17, 15) is 0 Å². The Balaban J connectivity index is 0.000000640. The molecular formula is C6H10INO. The van der Waals surface area contributed by atoms with Gasteiger partial charge in [0.05, 0.1) is 0 Å². The van der Waals surface area contributed by atoms with Crippen molar-refractivity contribution in [2.75, 3.05) is 0 Å². The summed E-state index contributed by atoms with van der Waals surface area (Å²) < 4.78 is 7.01. The Morgan fingerprint density at radius 3 is 2.11 bits per heavy atom. The summed E-state index contributed by atoms with van der Waals surface area (Å²) in [5.74, 6) is 0.993. The van der Waals surface area contributed by atoms with E-state index in [4.69, 9.17) is 4.42 Å². The minimum atomic E-state index is 0. The van der Waals surface area contributed by atoms with Crippen LogP contribution in [0.2, 0.25) is 0 Å². The Hall–Kier alpha value is -0.0600. The molecule has 1 rings (SSSR count). The van der Waals surface area contributed by atoms with Crippen LogP contribution in [-0.2, 0) is 7.05 Å². The second-order valence-corrected chi connectivity index (χ2v) is 1.98. The van der Waals surface area contributed by atoms with Gasteiger partial charge in [0.15, 0.2) is 5.76 Å². The van der Waals surface area contributed by atoms with Crippen LogP contribution in [0.25, 0.3) is 0 Å². The summed E-state index contributed by atoms with van der Waals surface area (Å²) in [5, 5.41) is 0. The lowest BCUT2D eigenvalue weighted by Crippen LogP contribution is -3.00. The first-order valence-electron chi connectivity index (χ1n) is 2.62. The van der Waals surface area contributed by atoms with E-state index >= 15 is 0 Å². The van der Waals surface area contributed by atoms with E-state index in [0.29, 0.717) is 0 Å². The molecule has 0 radical (unpaired) electrons. The quantitative estimate of drug-likeness (QED) is 0.368. The van der Waals surface area contributed by atoms with Gasteiger partial charge in [-0.25, -0.2) is 0 Å². The van der Waals surface area contributed by atoms with Gasteiger partial charge in [0.1, 0.15) is 7.05 Å². The molecule has 0 bridgehead atoms. The van der Waals surface area contributed by atoms with Gasteiger partial charge in [0, 0.05) is 13.8 Å². The third kappa shape index (κ3) is 1.67. The van der Waals surface area contributed by atoms with E-state index in [-0.39, 0.29) is 24.0 Å². The molecule has 0 aromatic carbocycles. The van der Waals surface area contributed by atoms with Gasteiger partial charge in [-0.2, -0.15) is 4.57 Å². The minimum absolute atomic E-state index is 0. The average Bonchev–Trinajstić information content (AvgIpc) is 1.98. The van der Waals surface area contributed by atoms with Crippen molar-refractivity contribution in [1.29, 1.82) is 0 Å². The van der Waals surface area contributed by atoms with Gasteiger partial charge in [-0.1, -0.05) is 0 Å². The summed E-state index contributed by atoms with van der Waals surface area (Å²) in [4.78, 5) is 0. The summed E-state index contributed by atoms with van der Waals surface area (Å²) >= 11 is 0. The standard InChI is InChI=1S/C6H10NO.HI/c1-5-6(2)8-4-7(5)3;/h4H,1-3H3;1H/q+1;/p-1. The molecule has 0 aliphatic heterocycles. The predicted octanol–water partition coefficient (Wildman–Crippen LogP) is -2.28. The first-order chi connectivity index (χ1) is 3.72. The number of aromatic nitrogens is 1. The highest BCUT2D eigenvalue weighted by atomic mass is 127. The van der Waals surface area contributed by atoms with Gasteiger partial charge in [0.25, 0.3) is 0 Å². The van der Waals surface area contributed by atoms with E-state index in [1.54, 1.807) is 6.39 Å².